The van der Waals surface area contributed by atoms with Crippen LogP contribution in [-0.2, 0) is 4.74 Å². The Labute approximate surface area is 168 Å². The molecular weight excluding hydrogens is 378 g/mol. The van der Waals surface area contributed by atoms with Gasteiger partial charge in [0.15, 0.2) is 11.4 Å². The number of fused-ring (bicyclic) bond motifs is 1. The van der Waals surface area contributed by atoms with Crippen LogP contribution < -0.4 is 15.5 Å². The Balaban J connectivity index is 1.39. The summed E-state index contributed by atoms with van der Waals surface area (Å²) in [5.74, 6) is 1.25. The predicted octanol–water partition coefficient (Wildman–Crippen LogP) is 4.42. The Morgan fingerprint density at radius 2 is 1.96 bits per heavy atom. The monoisotopic (exact) mass is 399 g/mol. The SMILES string of the molecule is Clc1cc(Nc2nc(NC3CCC3)c3occc3n2)ccc1N1CCOCC1. The van der Waals surface area contributed by atoms with E-state index >= 15 is 0 Å². The number of hydrogen-bond acceptors (Lipinski definition) is 7. The van der Waals surface area contributed by atoms with Crippen LogP contribution in [0.25, 0.3) is 11.1 Å². The molecule has 2 fully saturated rings. The summed E-state index contributed by atoms with van der Waals surface area (Å²) in [5.41, 5.74) is 3.34. The van der Waals surface area contributed by atoms with Crippen LogP contribution in [0.3, 0.4) is 0 Å². The van der Waals surface area contributed by atoms with Crippen LogP contribution in [-0.4, -0.2) is 42.3 Å². The number of ether oxygens (including phenoxy) is 1. The molecule has 2 aromatic heterocycles. The summed E-state index contributed by atoms with van der Waals surface area (Å²) in [6.07, 6.45) is 5.22. The van der Waals surface area contributed by atoms with Crippen LogP contribution in [0.2, 0.25) is 5.02 Å². The van der Waals surface area contributed by atoms with Crippen molar-refractivity contribution in [1.29, 1.82) is 0 Å². The van der Waals surface area contributed by atoms with E-state index in [4.69, 9.17) is 20.8 Å². The standard InChI is InChI=1S/C20H22ClN5O2/c21-15-12-14(4-5-17(15)26-7-10-27-11-8-26)23-20-24-16-6-9-28-18(16)19(25-20)22-13-2-1-3-13/h4-6,9,12-13H,1-3,7-8,10-11H2,(H2,22,23,24,25). The van der Waals surface area contributed by atoms with E-state index in [1.54, 1.807) is 6.26 Å². The average Bonchev–Trinajstić information content (AvgIpc) is 3.14. The second-order valence-electron chi connectivity index (χ2n) is 7.19. The van der Waals surface area contributed by atoms with E-state index in [0.29, 0.717) is 22.6 Å². The quantitative estimate of drug-likeness (QED) is 0.657. The van der Waals surface area contributed by atoms with Gasteiger partial charge < -0.3 is 24.7 Å². The van der Waals surface area contributed by atoms with Gasteiger partial charge in [0, 0.05) is 30.9 Å². The third-order valence-corrected chi connectivity index (χ3v) is 5.61. The van der Waals surface area contributed by atoms with Gasteiger partial charge in [-0.3, -0.25) is 0 Å². The van der Waals surface area contributed by atoms with Gasteiger partial charge in [-0.05, 0) is 37.5 Å². The molecule has 0 unspecified atom stereocenters. The van der Waals surface area contributed by atoms with Gasteiger partial charge in [0.25, 0.3) is 0 Å². The van der Waals surface area contributed by atoms with Gasteiger partial charge in [0.05, 0.1) is 30.2 Å². The molecule has 0 radical (unpaired) electrons. The molecule has 5 rings (SSSR count). The second-order valence-corrected chi connectivity index (χ2v) is 7.60. The number of morpholine rings is 1. The smallest absolute Gasteiger partial charge is 0.229 e. The summed E-state index contributed by atoms with van der Waals surface area (Å²) in [6, 6.07) is 8.24. The first-order valence-electron chi connectivity index (χ1n) is 9.67. The molecule has 2 N–H and O–H groups in total. The molecule has 3 aromatic rings. The van der Waals surface area contributed by atoms with E-state index in [0.717, 1.165) is 61.9 Å². The van der Waals surface area contributed by atoms with Crippen molar-refractivity contribution in [3.63, 3.8) is 0 Å². The Hall–Kier alpha value is -2.51. The number of benzene rings is 1. The lowest BCUT2D eigenvalue weighted by atomic mass is 9.93. The van der Waals surface area contributed by atoms with Crippen molar-refractivity contribution in [2.45, 2.75) is 25.3 Å². The number of aromatic nitrogens is 2. The maximum Gasteiger partial charge on any atom is 0.229 e. The van der Waals surface area contributed by atoms with Gasteiger partial charge in [-0.2, -0.15) is 4.98 Å². The summed E-state index contributed by atoms with van der Waals surface area (Å²) in [5, 5.41) is 7.44. The van der Waals surface area contributed by atoms with Crippen molar-refractivity contribution in [1.82, 2.24) is 9.97 Å². The molecular formula is C20H22ClN5O2. The lowest BCUT2D eigenvalue weighted by molar-refractivity contribution is 0.122. The van der Waals surface area contributed by atoms with Gasteiger partial charge in [-0.25, -0.2) is 4.98 Å². The molecule has 28 heavy (non-hydrogen) atoms. The number of rotatable bonds is 5. The van der Waals surface area contributed by atoms with Crippen molar-refractivity contribution >= 4 is 45.8 Å². The summed E-state index contributed by atoms with van der Waals surface area (Å²) in [6.45, 7) is 3.16. The van der Waals surface area contributed by atoms with Crippen molar-refractivity contribution in [3.8, 4) is 0 Å². The first kappa shape index (κ1) is 17.6. The van der Waals surface area contributed by atoms with E-state index in [-0.39, 0.29) is 0 Å². The Bertz CT molecular complexity index is 982. The molecule has 7 nitrogen and oxygen atoms in total. The topological polar surface area (TPSA) is 75.5 Å². The molecule has 1 saturated carbocycles. The predicted molar refractivity (Wildman–Crippen MR) is 111 cm³/mol. The largest absolute Gasteiger partial charge is 0.459 e. The first-order valence-corrected chi connectivity index (χ1v) is 10.0. The Morgan fingerprint density at radius 3 is 2.71 bits per heavy atom. The van der Waals surface area contributed by atoms with Gasteiger partial charge in [-0.15, -0.1) is 0 Å². The lowest BCUT2D eigenvalue weighted by Gasteiger charge is -2.29. The van der Waals surface area contributed by atoms with Crippen molar-refractivity contribution in [2.24, 2.45) is 0 Å². The molecule has 3 heterocycles. The normalized spacial score (nSPS) is 17.5. The first-order chi connectivity index (χ1) is 13.8. The zero-order valence-corrected chi connectivity index (χ0v) is 16.2. The molecule has 1 aliphatic heterocycles. The van der Waals surface area contributed by atoms with Crippen LogP contribution in [0.15, 0.2) is 34.9 Å². The van der Waals surface area contributed by atoms with Crippen LogP contribution in [0.4, 0.5) is 23.1 Å². The highest BCUT2D eigenvalue weighted by molar-refractivity contribution is 6.33. The fraction of sp³-hybridized carbons (Fsp3) is 0.400. The zero-order valence-electron chi connectivity index (χ0n) is 15.4. The molecule has 1 aliphatic carbocycles. The van der Waals surface area contributed by atoms with Crippen molar-refractivity contribution in [3.05, 3.63) is 35.6 Å². The average molecular weight is 400 g/mol. The van der Waals surface area contributed by atoms with Crippen molar-refractivity contribution in [2.75, 3.05) is 41.8 Å². The molecule has 1 saturated heterocycles. The third kappa shape index (κ3) is 3.47. The van der Waals surface area contributed by atoms with E-state index in [1.165, 1.54) is 6.42 Å². The van der Waals surface area contributed by atoms with Gasteiger partial charge in [0.1, 0.15) is 5.52 Å². The summed E-state index contributed by atoms with van der Waals surface area (Å²) < 4.78 is 11.0. The molecule has 0 spiro atoms. The molecule has 0 amide bonds. The highest BCUT2D eigenvalue weighted by Crippen LogP contribution is 2.32. The molecule has 0 atom stereocenters. The highest BCUT2D eigenvalue weighted by Gasteiger charge is 2.21. The minimum Gasteiger partial charge on any atom is -0.459 e. The van der Waals surface area contributed by atoms with Crippen molar-refractivity contribution < 1.29 is 9.15 Å². The van der Waals surface area contributed by atoms with E-state index in [9.17, 15) is 0 Å². The number of furan rings is 1. The summed E-state index contributed by atoms with van der Waals surface area (Å²) in [4.78, 5) is 11.4. The van der Waals surface area contributed by atoms with Crippen LogP contribution in [0.5, 0.6) is 0 Å². The molecule has 1 aromatic carbocycles. The number of halogens is 1. The summed E-state index contributed by atoms with van der Waals surface area (Å²) in [7, 11) is 0. The maximum atomic E-state index is 6.54. The van der Waals surface area contributed by atoms with E-state index in [1.807, 2.05) is 24.3 Å². The van der Waals surface area contributed by atoms with Gasteiger partial charge >= 0.3 is 0 Å². The number of hydrogen-bond donors (Lipinski definition) is 2. The van der Waals surface area contributed by atoms with Gasteiger partial charge in [-0.1, -0.05) is 11.6 Å². The van der Waals surface area contributed by atoms with E-state index < -0.39 is 0 Å². The minimum absolute atomic E-state index is 0.457. The fourth-order valence-corrected chi connectivity index (χ4v) is 3.84. The molecule has 0 bridgehead atoms. The van der Waals surface area contributed by atoms with E-state index in [2.05, 4.69) is 25.5 Å². The number of nitrogens with zero attached hydrogens (tertiary/aromatic N) is 3. The molecule has 8 heteroatoms. The molecule has 2 aliphatic rings. The molecule has 146 valence electrons. The third-order valence-electron chi connectivity index (χ3n) is 5.31. The number of nitrogens with one attached hydrogen (secondary N) is 2. The Kier molecular flexibility index (Phi) is 4.70. The van der Waals surface area contributed by atoms with Gasteiger partial charge in [0.2, 0.25) is 5.95 Å². The maximum absolute atomic E-state index is 6.54. The fourth-order valence-electron chi connectivity index (χ4n) is 3.54. The lowest BCUT2D eigenvalue weighted by Crippen LogP contribution is -2.36. The minimum atomic E-state index is 0.457. The Morgan fingerprint density at radius 1 is 1.11 bits per heavy atom. The number of anilines is 4. The zero-order chi connectivity index (χ0) is 18.9. The highest BCUT2D eigenvalue weighted by atomic mass is 35.5. The van der Waals surface area contributed by atoms with Crippen LogP contribution in [0.1, 0.15) is 19.3 Å². The summed E-state index contributed by atoms with van der Waals surface area (Å²) >= 11 is 6.54. The van der Waals surface area contributed by atoms with Crippen LogP contribution in [0, 0.1) is 0 Å². The second kappa shape index (κ2) is 7.48. The van der Waals surface area contributed by atoms with Crippen LogP contribution >= 0.6 is 11.6 Å².